The molecule has 1 unspecified atom stereocenters. The van der Waals surface area contributed by atoms with E-state index >= 15 is 0 Å². The first-order valence-electron chi connectivity index (χ1n) is 6.06. The lowest BCUT2D eigenvalue weighted by Crippen LogP contribution is -2.32. The van der Waals surface area contributed by atoms with Gasteiger partial charge in [-0.25, -0.2) is 0 Å². The first-order valence-corrected chi connectivity index (χ1v) is 6.06. The van der Waals surface area contributed by atoms with Gasteiger partial charge in [0, 0.05) is 32.2 Å². The molecule has 0 aliphatic carbocycles. The molecule has 3 heteroatoms. The highest BCUT2D eigenvalue weighted by Gasteiger charge is 2.25. The number of carbonyl (C=O) groups excluding carboxylic acids is 1. The summed E-state index contributed by atoms with van der Waals surface area (Å²) in [6.45, 7) is 3.22. The second kappa shape index (κ2) is 4.49. The molecule has 0 aromatic heterocycles. The van der Waals surface area contributed by atoms with E-state index in [2.05, 4.69) is 24.9 Å². The molecule has 2 rings (SSSR count). The van der Waals surface area contributed by atoms with Gasteiger partial charge >= 0.3 is 0 Å². The van der Waals surface area contributed by atoms with Gasteiger partial charge in [-0.15, -0.1) is 0 Å². The molecule has 1 heterocycles. The molecule has 0 N–H and O–H groups in total. The fraction of sp³-hybridized carbons (Fsp3) is 0.500. The number of amides is 1. The molecule has 1 aromatic carbocycles. The van der Waals surface area contributed by atoms with Crippen LogP contribution in [0, 0.1) is 0 Å². The Kier molecular flexibility index (Phi) is 3.20. The molecular weight excluding hydrogens is 212 g/mol. The summed E-state index contributed by atoms with van der Waals surface area (Å²) in [4.78, 5) is 16.1. The summed E-state index contributed by atoms with van der Waals surface area (Å²) in [6, 6.07) is 6.47. The Morgan fingerprint density at radius 3 is 2.76 bits per heavy atom. The summed E-state index contributed by atoms with van der Waals surface area (Å²) in [5.74, 6) is 0.110. The van der Waals surface area contributed by atoms with E-state index in [1.165, 1.54) is 11.1 Å². The third kappa shape index (κ3) is 2.07. The summed E-state index contributed by atoms with van der Waals surface area (Å²) in [7, 11) is 5.74. The number of fused-ring (bicyclic) bond motifs is 1. The molecule has 1 aliphatic rings. The van der Waals surface area contributed by atoms with Crippen LogP contribution in [-0.2, 0) is 6.42 Å². The number of carbonyl (C=O) groups is 1. The van der Waals surface area contributed by atoms with Crippen molar-refractivity contribution < 1.29 is 4.79 Å². The van der Waals surface area contributed by atoms with Crippen molar-refractivity contribution in [2.24, 2.45) is 0 Å². The Balaban J connectivity index is 2.48. The van der Waals surface area contributed by atoms with Crippen LogP contribution in [0.1, 0.15) is 34.5 Å². The van der Waals surface area contributed by atoms with Crippen LogP contribution in [0.15, 0.2) is 18.2 Å². The Bertz CT molecular complexity index is 440. The van der Waals surface area contributed by atoms with Crippen molar-refractivity contribution in [3.63, 3.8) is 0 Å². The summed E-state index contributed by atoms with van der Waals surface area (Å²) in [5.41, 5.74) is 3.40. The van der Waals surface area contributed by atoms with Gasteiger partial charge in [-0.1, -0.05) is 12.1 Å². The number of hydrogen-bond acceptors (Lipinski definition) is 2. The minimum absolute atomic E-state index is 0.110. The van der Waals surface area contributed by atoms with Gasteiger partial charge in [0.2, 0.25) is 0 Å². The fourth-order valence-electron chi connectivity index (χ4n) is 2.44. The van der Waals surface area contributed by atoms with E-state index in [1.54, 1.807) is 19.0 Å². The Hall–Kier alpha value is -1.35. The lowest BCUT2D eigenvalue weighted by atomic mass is 9.89. The summed E-state index contributed by atoms with van der Waals surface area (Å²) < 4.78 is 0. The smallest absolute Gasteiger partial charge is 0.253 e. The summed E-state index contributed by atoms with van der Waals surface area (Å²) in [6.07, 6.45) is 0.964. The van der Waals surface area contributed by atoms with Crippen LogP contribution in [0.5, 0.6) is 0 Å². The zero-order chi connectivity index (χ0) is 12.6. The summed E-state index contributed by atoms with van der Waals surface area (Å²) in [5, 5.41) is 0. The zero-order valence-electron chi connectivity index (χ0n) is 11.0. The van der Waals surface area contributed by atoms with Crippen molar-refractivity contribution in [3.05, 3.63) is 34.9 Å². The molecule has 0 radical (unpaired) electrons. The van der Waals surface area contributed by atoms with Crippen LogP contribution in [0.4, 0.5) is 0 Å². The molecule has 0 spiro atoms. The minimum atomic E-state index is 0.110. The third-order valence-corrected chi connectivity index (χ3v) is 3.67. The van der Waals surface area contributed by atoms with Crippen LogP contribution in [0.2, 0.25) is 0 Å². The second-order valence-corrected chi connectivity index (χ2v) is 4.98. The number of hydrogen-bond donors (Lipinski definition) is 0. The topological polar surface area (TPSA) is 23.6 Å². The van der Waals surface area contributed by atoms with Crippen LogP contribution in [0.25, 0.3) is 0 Å². The van der Waals surface area contributed by atoms with Gasteiger partial charge < -0.3 is 4.90 Å². The Morgan fingerprint density at radius 2 is 2.12 bits per heavy atom. The molecule has 1 amide bonds. The van der Waals surface area contributed by atoms with Gasteiger partial charge in [0.1, 0.15) is 0 Å². The molecule has 0 fully saturated rings. The highest BCUT2D eigenvalue weighted by Crippen LogP contribution is 2.30. The lowest BCUT2D eigenvalue weighted by Gasteiger charge is -2.33. The van der Waals surface area contributed by atoms with Crippen LogP contribution < -0.4 is 0 Å². The predicted molar refractivity (Wildman–Crippen MR) is 69.2 cm³/mol. The van der Waals surface area contributed by atoms with Crippen molar-refractivity contribution in [1.82, 2.24) is 9.80 Å². The van der Waals surface area contributed by atoms with Crippen LogP contribution in [0.3, 0.4) is 0 Å². The molecule has 17 heavy (non-hydrogen) atoms. The molecule has 3 nitrogen and oxygen atoms in total. The molecule has 0 saturated heterocycles. The second-order valence-electron chi connectivity index (χ2n) is 4.98. The first kappa shape index (κ1) is 12.1. The van der Waals surface area contributed by atoms with Crippen molar-refractivity contribution in [1.29, 1.82) is 0 Å². The average Bonchev–Trinajstić information content (AvgIpc) is 2.32. The van der Waals surface area contributed by atoms with E-state index in [1.807, 2.05) is 12.1 Å². The summed E-state index contributed by atoms with van der Waals surface area (Å²) >= 11 is 0. The van der Waals surface area contributed by atoms with E-state index in [-0.39, 0.29) is 5.91 Å². The minimum Gasteiger partial charge on any atom is -0.345 e. The molecule has 92 valence electrons. The Labute approximate surface area is 103 Å². The zero-order valence-corrected chi connectivity index (χ0v) is 11.0. The first-order chi connectivity index (χ1) is 8.02. The Morgan fingerprint density at radius 1 is 1.41 bits per heavy atom. The standard InChI is InChI=1S/C14H20N2O/c1-10-11-6-5-7-13(14(17)15(2)3)12(11)8-9-16(10)4/h5-7,10H,8-9H2,1-4H3. The van der Waals surface area contributed by atoms with Gasteiger partial charge in [-0.05, 0) is 37.6 Å². The van der Waals surface area contributed by atoms with Crippen LogP contribution in [-0.4, -0.2) is 43.4 Å². The number of benzene rings is 1. The van der Waals surface area contributed by atoms with Gasteiger partial charge in [0.25, 0.3) is 5.91 Å². The largest absolute Gasteiger partial charge is 0.345 e. The highest BCUT2D eigenvalue weighted by atomic mass is 16.2. The van der Waals surface area contributed by atoms with Crippen molar-refractivity contribution in [3.8, 4) is 0 Å². The molecule has 0 saturated carbocycles. The van der Waals surface area contributed by atoms with Crippen molar-refractivity contribution in [2.45, 2.75) is 19.4 Å². The normalized spacial score (nSPS) is 19.9. The predicted octanol–water partition coefficient (Wildman–Crippen LogP) is 1.94. The molecular formula is C14H20N2O. The quantitative estimate of drug-likeness (QED) is 0.738. The van der Waals surface area contributed by atoms with E-state index < -0.39 is 0 Å². The van der Waals surface area contributed by atoms with Gasteiger partial charge in [-0.3, -0.25) is 9.69 Å². The number of likely N-dealkylation sites (N-methyl/N-ethyl adjacent to an activating group) is 1. The van der Waals surface area contributed by atoms with E-state index in [0.29, 0.717) is 6.04 Å². The highest BCUT2D eigenvalue weighted by molar-refractivity contribution is 5.95. The van der Waals surface area contributed by atoms with E-state index in [4.69, 9.17) is 0 Å². The van der Waals surface area contributed by atoms with Crippen LogP contribution >= 0.6 is 0 Å². The SMILES string of the molecule is CC1c2cccc(C(=O)N(C)C)c2CCN1C. The maximum Gasteiger partial charge on any atom is 0.253 e. The monoisotopic (exact) mass is 232 g/mol. The van der Waals surface area contributed by atoms with E-state index in [0.717, 1.165) is 18.5 Å². The lowest BCUT2D eigenvalue weighted by molar-refractivity contribution is 0.0825. The molecule has 1 aliphatic heterocycles. The average molecular weight is 232 g/mol. The fourth-order valence-corrected chi connectivity index (χ4v) is 2.44. The van der Waals surface area contributed by atoms with Gasteiger partial charge in [-0.2, -0.15) is 0 Å². The van der Waals surface area contributed by atoms with Gasteiger partial charge in [0.15, 0.2) is 0 Å². The third-order valence-electron chi connectivity index (χ3n) is 3.67. The molecule has 0 bridgehead atoms. The van der Waals surface area contributed by atoms with Gasteiger partial charge in [0.05, 0.1) is 0 Å². The molecule has 1 atom stereocenters. The van der Waals surface area contributed by atoms with Crippen molar-refractivity contribution in [2.75, 3.05) is 27.7 Å². The molecule has 1 aromatic rings. The maximum absolute atomic E-state index is 12.1. The maximum atomic E-state index is 12.1. The van der Waals surface area contributed by atoms with Crippen molar-refractivity contribution >= 4 is 5.91 Å². The number of nitrogens with zero attached hydrogens (tertiary/aromatic N) is 2. The number of rotatable bonds is 1. The van der Waals surface area contributed by atoms with E-state index in [9.17, 15) is 4.79 Å².